The molecular formula is C13H11BrClFN2. The smallest absolute Gasteiger partial charge is 0.152 e. The number of hydrogen-bond acceptors (Lipinski definition) is 2. The average molecular weight is 330 g/mol. The molecule has 1 N–H and O–H groups in total. The van der Waals surface area contributed by atoms with Crippen molar-refractivity contribution in [1.29, 1.82) is 0 Å². The maximum Gasteiger partial charge on any atom is 0.152 e. The van der Waals surface area contributed by atoms with Crippen LogP contribution >= 0.6 is 27.5 Å². The molecule has 1 unspecified atom stereocenters. The minimum atomic E-state index is -0.239. The Bertz CT molecular complexity index is 562. The fraction of sp³-hybridized carbons (Fsp3) is 0.154. The second kappa shape index (κ2) is 5.67. The maximum atomic E-state index is 13.6. The summed E-state index contributed by atoms with van der Waals surface area (Å²) in [7, 11) is 0. The van der Waals surface area contributed by atoms with Crippen LogP contribution in [0.1, 0.15) is 18.5 Å². The zero-order valence-electron chi connectivity index (χ0n) is 9.62. The molecular weight excluding hydrogens is 319 g/mol. The van der Waals surface area contributed by atoms with Gasteiger partial charge in [-0.1, -0.05) is 29.8 Å². The van der Waals surface area contributed by atoms with Crippen molar-refractivity contribution in [2.24, 2.45) is 0 Å². The van der Waals surface area contributed by atoms with Crippen LogP contribution in [0.2, 0.25) is 5.15 Å². The third kappa shape index (κ3) is 3.00. The van der Waals surface area contributed by atoms with Crippen molar-refractivity contribution in [2.75, 3.05) is 5.32 Å². The number of anilines is 1. The molecule has 1 aromatic carbocycles. The topological polar surface area (TPSA) is 24.9 Å². The molecule has 0 aliphatic heterocycles. The molecule has 0 saturated heterocycles. The molecule has 0 aliphatic rings. The Morgan fingerprint density at radius 2 is 2.11 bits per heavy atom. The van der Waals surface area contributed by atoms with Gasteiger partial charge in [0.15, 0.2) is 5.15 Å². The summed E-state index contributed by atoms with van der Waals surface area (Å²) in [5.74, 6) is -0.239. The number of hydrogen-bond donors (Lipinski definition) is 1. The van der Waals surface area contributed by atoms with Crippen LogP contribution < -0.4 is 5.32 Å². The van der Waals surface area contributed by atoms with Crippen LogP contribution in [0, 0.1) is 5.82 Å². The van der Waals surface area contributed by atoms with Crippen LogP contribution in [0.15, 0.2) is 41.0 Å². The third-order valence-corrected chi connectivity index (χ3v) is 3.28. The van der Waals surface area contributed by atoms with E-state index >= 15 is 0 Å². The van der Waals surface area contributed by atoms with Crippen LogP contribution in [0.25, 0.3) is 0 Å². The first-order valence-electron chi connectivity index (χ1n) is 5.40. The van der Waals surface area contributed by atoms with Gasteiger partial charge in [0, 0.05) is 16.2 Å². The zero-order valence-corrected chi connectivity index (χ0v) is 12.0. The van der Waals surface area contributed by atoms with E-state index in [1.165, 1.54) is 6.07 Å². The highest BCUT2D eigenvalue weighted by molar-refractivity contribution is 9.10. The number of pyridine rings is 1. The lowest BCUT2D eigenvalue weighted by molar-refractivity contribution is 0.600. The van der Waals surface area contributed by atoms with Crippen molar-refractivity contribution in [2.45, 2.75) is 13.0 Å². The Balaban J connectivity index is 2.24. The van der Waals surface area contributed by atoms with E-state index in [0.717, 1.165) is 4.47 Å². The average Bonchev–Trinajstić information content (AvgIpc) is 2.34. The zero-order chi connectivity index (χ0) is 13.1. The summed E-state index contributed by atoms with van der Waals surface area (Å²) >= 11 is 9.30. The van der Waals surface area contributed by atoms with Gasteiger partial charge in [0.25, 0.3) is 0 Å². The fourth-order valence-electron chi connectivity index (χ4n) is 1.66. The van der Waals surface area contributed by atoms with Crippen molar-refractivity contribution in [1.82, 2.24) is 4.98 Å². The Kier molecular flexibility index (Phi) is 4.19. The normalized spacial score (nSPS) is 12.2. The molecule has 0 radical (unpaired) electrons. The van der Waals surface area contributed by atoms with Crippen LogP contribution in [-0.2, 0) is 0 Å². The van der Waals surface area contributed by atoms with Crippen molar-refractivity contribution in [3.63, 3.8) is 0 Å². The quantitative estimate of drug-likeness (QED) is 0.817. The minimum Gasteiger partial charge on any atom is -0.376 e. The monoisotopic (exact) mass is 328 g/mol. The van der Waals surface area contributed by atoms with Gasteiger partial charge in [-0.05, 0) is 35.0 Å². The number of benzene rings is 1. The van der Waals surface area contributed by atoms with E-state index in [0.29, 0.717) is 16.4 Å². The fourth-order valence-corrected chi connectivity index (χ4v) is 2.15. The lowest BCUT2D eigenvalue weighted by atomic mass is 10.1. The molecule has 0 spiro atoms. The van der Waals surface area contributed by atoms with Crippen LogP contribution in [0.3, 0.4) is 0 Å². The van der Waals surface area contributed by atoms with Crippen molar-refractivity contribution in [3.8, 4) is 0 Å². The largest absolute Gasteiger partial charge is 0.376 e. The van der Waals surface area contributed by atoms with Gasteiger partial charge in [0.05, 0.1) is 11.7 Å². The molecule has 0 bridgehead atoms. The molecule has 94 valence electrons. The Morgan fingerprint density at radius 1 is 1.39 bits per heavy atom. The number of nitrogens with one attached hydrogen (secondary N) is 1. The number of halogens is 3. The van der Waals surface area contributed by atoms with Crippen LogP contribution in [0.5, 0.6) is 0 Å². The van der Waals surface area contributed by atoms with Gasteiger partial charge in [0.2, 0.25) is 0 Å². The lowest BCUT2D eigenvalue weighted by Crippen LogP contribution is -2.09. The standard InChI is InChI=1S/C13H11BrClFN2/c1-8(10-4-2-3-5-11(10)16)18-12-6-9(14)7-17-13(12)15/h2-8,18H,1H3. The van der Waals surface area contributed by atoms with Crippen molar-refractivity contribution in [3.05, 3.63) is 57.5 Å². The second-order valence-corrected chi connectivity index (χ2v) is 5.15. The van der Waals surface area contributed by atoms with E-state index in [-0.39, 0.29) is 11.9 Å². The molecule has 0 saturated carbocycles. The predicted molar refractivity (Wildman–Crippen MR) is 75.4 cm³/mol. The summed E-state index contributed by atoms with van der Waals surface area (Å²) in [5.41, 5.74) is 1.26. The Morgan fingerprint density at radius 3 is 2.83 bits per heavy atom. The van der Waals surface area contributed by atoms with E-state index in [9.17, 15) is 4.39 Å². The first kappa shape index (κ1) is 13.3. The minimum absolute atomic E-state index is 0.195. The molecule has 0 aliphatic carbocycles. The van der Waals surface area contributed by atoms with Gasteiger partial charge in [-0.25, -0.2) is 9.37 Å². The summed E-state index contributed by atoms with van der Waals surface area (Å²) in [6.07, 6.45) is 1.61. The van der Waals surface area contributed by atoms with Gasteiger partial charge in [0.1, 0.15) is 5.82 Å². The molecule has 0 amide bonds. The number of aromatic nitrogens is 1. The second-order valence-electron chi connectivity index (χ2n) is 3.88. The lowest BCUT2D eigenvalue weighted by Gasteiger charge is -2.17. The molecule has 18 heavy (non-hydrogen) atoms. The van der Waals surface area contributed by atoms with Crippen LogP contribution in [-0.4, -0.2) is 4.98 Å². The van der Waals surface area contributed by atoms with E-state index < -0.39 is 0 Å². The van der Waals surface area contributed by atoms with E-state index in [1.807, 2.05) is 13.0 Å². The molecule has 1 heterocycles. The summed E-state index contributed by atoms with van der Waals surface area (Å²) in [4.78, 5) is 4.01. The predicted octanol–water partition coefficient (Wildman–Crippen LogP) is 4.81. The van der Waals surface area contributed by atoms with Crippen LogP contribution in [0.4, 0.5) is 10.1 Å². The first-order valence-corrected chi connectivity index (χ1v) is 6.57. The van der Waals surface area contributed by atoms with E-state index in [4.69, 9.17) is 11.6 Å². The summed E-state index contributed by atoms with van der Waals surface area (Å²) in [6, 6.07) is 8.27. The summed E-state index contributed by atoms with van der Waals surface area (Å²) < 4.78 is 14.4. The summed E-state index contributed by atoms with van der Waals surface area (Å²) in [5, 5.41) is 3.51. The molecule has 2 aromatic rings. The molecule has 1 atom stereocenters. The SMILES string of the molecule is CC(Nc1cc(Br)cnc1Cl)c1ccccc1F. The number of nitrogens with zero attached hydrogens (tertiary/aromatic N) is 1. The van der Waals surface area contributed by atoms with Crippen molar-refractivity contribution >= 4 is 33.2 Å². The van der Waals surface area contributed by atoms with Crippen molar-refractivity contribution < 1.29 is 4.39 Å². The summed E-state index contributed by atoms with van der Waals surface area (Å²) in [6.45, 7) is 1.87. The molecule has 2 nitrogen and oxygen atoms in total. The molecule has 5 heteroatoms. The van der Waals surface area contributed by atoms with Gasteiger partial charge in [-0.15, -0.1) is 0 Å². The third-order valence-electron chi connectivity index (χ3n) is 2.55. The highest BCUT2D eigenvalue weighted by Gasteiger charge is 2.12. The number of rotatable bonds is 3. The van der Waals surface area contributed by atoms with E-state index in [1.54, 1.807) is 24.4 Å². The molecule has 1 aromatic heterocycles. The highest BCUT2D eigenvalue weighted by atomic mass is 79.9. The Labute approximate surface area is 118 Å². The first-order chi connectivity index (χ1) is 8.58. The van der Waals surface area contributed by atoms with E-state index in [2.05, 4.69) is 26.2 Å². The maximum absolute atomic E-state index is 13.6. The van der Waals surface area contributed by atoms with Gasteiger partial charge in [-0.3, -0.25) is 0 Å². The Hall–Kier alpha value is -1.13. The highest BCUT2D eigenvalue weighted by Crippen LogP contribution is 2.27. The molecule has 2 rings (SSSR count). The van der Waals surface area contributed by atoms with Gasteiger partial charge >= 0.3 is 0 Å². The van der Waals surface area contributed by atoms with Gasteiger partial charge < -0.3 is 5.32 Å². The molecule has 0 fully saturated rings. The van der Waals surface area contributed by atoms with Gasteiger partial charge in [-0.2, -0.15) is 0 Å².